The third-order valence-electron chi connectivity index (χ3n) is 4.28. The summed E-state index contributed by atoms with van der Waals surface area (Å²) in [6.07, 6.45) is 2.01. The van der Waals surface area contributed by atoms with Gasteiger partial charge in [0.25, 0.3) is 0 Å². The number of hydrogen-bond donors (Lipinski definition) is 2. The molecule has 1 fully saturated rings. The van der Waals surface area contributed by atoms with Crippen molar-refractivity contribution in [3.05, 3.63) is 44.5 Å². The van der Waals surface area contributed by atoms with Gasteiger partial charge in [-0.05, 0) is 50.8 Å². The van der Waals surface area contributed by atoms with E-state index in [0.717, 1.165) is 12.8 Å². The molecule has 110 valence electrons. The Morgan fingerprint density at radius 3 is 2.57 bits per heavy atom. The number of fused-ring (bicyclic) bond motifs is 1. The van der Waals surface area contributed by atoms with Crippen LogP contribution in [0.2, 0.25) is 0 Å². The molecule has 0 unspecified atom stereocenters. The van der Waals surface area contributed by atoms with Crippen LogP contribution in [0.15, 0.2) is 27.8 Å². The van der Waals surface area contributed by atoms with Crippen LogP contribution in [0.4, 0.5) is 0 Å². The number of carbonyl (C=O) groups is 1. The maximum Gasteiger partial charge on any atom is 0.335 e. The Hall–Kier alpha value is -2.37. The van der Waals surface area contributed by atoms with Gasteiger partial charge in [-0.15, -0.1) is 0 Å². The monoisotopic (exact) mass is 288 g/mol. The van der Waals surface area contributed by atoms with Crippen LogP contribution in [0.1, 0.15) is 37.0 Å². The predicted molar refractivity (Wildman–Crippen MR) is 77.8 cm³/mol. The van der Waals surface area contributed by atoms with Crippen LogP contribution < -0.4 is 11.1 Å². The van der Waals surface area contributed by atoms with Gasteiger partial charge in [0.2, 0.25) is 0 Å². The van der Waals surface area contributed by atoms with Crippen LogP contribution in [-0.4, -0.2) is 20.6 Å². The summed E-state index contributed by atoms with van der Waals surface area (Å²) >= 11 is 0. The number of rotatable bonds is 3. The number of carboxylic acids is 1. The number of benzene rings is 1. The van der Waals surface area contributed by atoms with Crippen LogP contribution in [-0.2, 0) is 5.54 Å². The fourth-order valence-corrected chi connectivity index (χ4v) is 2.89. The first-order valence-electron chi connectivity index (χ1n) is 6.85. The molecule has 0 saturated heterocycles. The van der Waals surface area contributed by atoms with Crippen molar-refractivity contribution in [2.45, 2.75) is 32.2 Å². The predicted octanol–water partition coefficient (Wildman–Crippen LogP) is 1.53. The lowest BCUT2D eigenvalue weighted by Crippen LogP contribution is -2.45. The van der Waals surface area contributed by atoms with Gasteiger partial charge in [-0.1, -0.05) is 0 Å². The molecule has 1 aromatic carbocycles. The fraction of sp³-hybridized carbons (Fsp3) is 0.400. The largest absolute Gasteiger partial charge is 0.478 e. The van der Waals surface area contributed by atoms with Gasteiger partial charge in [0.1, 0.15) is 0 Å². The van der Waals surface area contributed by atoms with Gasteiger partial charge in [0, 0.05) is 5.54 Å². The molecular weight excluding hydrogens is 272 g/mol. The van der Waals surface area contributed by atoms with E-state index in [2.05, 4.69) is 4.98 Å². The van der Waals surface area contributed by atoms with E-state index in [1.807, 2.05) is 13.8 Å². The topological polar surface area (TPSA) is 92.2 Å². The van der Waals surface area contributed by atoms with Gasteiger partial charge in [0.15, 0.2) is 0 Å². The van der Waals surface area contributed by atoms with Crippen molar-refractivity contribution in [3.63, 3.8) is 0 Å². The molecule has 1 saturated carbocycles. The first-order chi connectivity index (χ1) is 9.82. The van der Waals surface area contributed by atoms with Crippen LogP contribution in [0, 0.1) is 5.92 Å². The van der Waals surface area contributed by atoms with E-state index in [0.29, 0.717) is 17.0 Å². The van der Waals surface area contributed by atoms with E-state index in [1.54, 1.807) is 0 Å². The second-order valence-electron chi connectivity index (χ2n) is 6.06. The van der Waals surface area contributed by atoms with Crippen LogP contribution in [0.25, 0.3) is 11.0 Å². The van der Waals surface area contributed by atoms with Crippen molar-refractivity contribution in [3.8, 4) is 0 Å². The Morgan fingerprint density at radius 1 is 1.33 bits per heavy atom. The van der Waals surface area contributed by atoms with Gasteiger partial charge < -0.3 is 10.1 Å². The number of nitrogens with one attached hydrogen (secondary N) is 1. The summed E-state index contributed by atoms with van der Waals surface area (Å²) < 4.78 is 1.45. The number of aromatic nitrogens is 2. The quantitative estimate of drug-likeness (QED) is 0.838. The maximum absolute atomic E-state index is 12.3. The summed E-state index contributed by atoms with van der Waals surface area (Å²) in [4.78, 5) is 37.8. The summed E-state index contributed by atoms with van der Waals surface area (Å²) in [5.74, 6) is -0.736. The summed E-state index contributed by atoms with van der Waals surface area (Å²) in [5, 5.41) is 9.12. The highest BCUT2D eigenvalue weighted by atomic mass is 16.4. The lowest BCUT2D eigenvalue weighted by atomic mass is 9.97. The van der Waals surface area contributed by atoms with Crippen molar-refractivity contribution in [1.29, 1.82) is 0 Å². The highest BCUT2D eigenvalue weighted by Crippen LogP contribution is 2.44. The SMILES string of the molecule is CC(C)(C1CC1)n1c(=O)c(=O)[nH]c2ccc(C(=O)O)cc21. The minimum Gasteiger partial charge on any atom is -0.478 e. The van der Waals surface area contributed by atoms with Crippen molar-refractivity contribution >= 4 is 17.0 Å². The molecule has 21 heavy (non-hydrogen) atoms. The Bertz CT molecular complexity index is 856. The molecule has 1 aliphatic rings. The van der Waals surface area contributed by atoms with Crippen LogP contribution in [0.5, 0.6) is 0 Å². The summed E-state index contributed by atoms with van der Waals surface area (Å²) in [6.45, 7) is 3.83. The van der Waals surface area contributed by atoms with Crippen molar-refractivity contribution in [2.75, 3.05) is 0 Å². The zero-order valence-electron chi connectivity index (χ0n) is 11.8. The lowest BCUT2D eigenvalue weighted by Gasteiger charge is -2.29. The molecule has 2 N–H and O–H groups in total. The zero-order chi connectivity index (χ0) is 15.4. The lowest BCUT2D eigenvalue weighted by molar-refractivity contribution is 0.0697. The van der Waals surface area contributed by atoms with E-state index in [-0.39, 0.29) is 5.56 Å². The molecule has 0 aliphatic heterocycles. The third kappa shape index (κ3) is 2.07. The van der Waals surface area contributed by atoms with Gasteiger partial charge >= 0.3 is 17.1 Å². The molecule has 0 atom stereocenters. The van der Waals surface area contributed by atoms with E-state index >= 15 is 0 Å². The van der Waals surface area contributed by atoms with E-state index in [1.165, 1.54) is 22.8 Å². The highest BCUT2D eigenvalue weighted by molar-refractivity contribution is 5.92. The number of nitrogens with zero attached hydrogens (tertiary/aromatic N) is 1. The normalized spacial score (nSPS) is 15.3. The molecule has 0 spiro atoms. The third-order valence-corrected chi connectivity index (χ3v) is 4.28. The van der Waals surface area contributed by atoms with E-state index < -0.39 is 22.6 Å². The van der Waals surface area contributed by atoms with Gasteiger partial charge in [-0.25, -0.2) is 4.79 Å². The number of aromatic carboxylic acids is 1. The average Bonchev–Trinajstić information content (AvgIpc) is 3.23. The molecule has 0 radical (unpaired) electrons. The first-order valence-corrected chi connectivity index (χ1v) is 6.85. The summed E-state index contributed by atoms with van der Waals surface area (Å²) in [5.41, 5.74) is -0.814. The molecule has 6 heteroatoms. The number of carboxylic acid groups (broad SMARTS) is 1. The second kappa shape index (κ2) is 4.31. The van der Waals surface area contributed by atoms with Gasteiger partial charge in [-0.3, -0.25) is 14.2 Å². The Kier molecular flexibility index (Phi) is 2.79. The molecule has 1 heterocycles. The molecule has 0 bridgehead atoms. The van der Waals surface area contributed by atoms with E-state index in [9.17, 15) is 14.4 Å². The van der Waals surface area contributed by atoms with Crippen LogP contribution in [0.3, 0.4) is 0 Å². The molecule has 0 amide bonds. The number of aromatic amines is 1. The highest BCUT2D eigenvalue weighted by Gasteiger charge is 2.40. The zero-order valence-corrected chi connectivity index (χ0v) is 11.8. The smallest absolute Gasteiger partial charge is 0.335 e. The molecule has 3 rings (SSSR count). The van der Waals surface area contributed by atoms with Crippen molar-refractivity contribution in [2.24, 2.45) is 5.92 Å². The standard InChI is InChI=1S/C15H16N2O4/c1-15(2,9-4-5-9)17-11-7-8(14(20)21)3-6-10(11)16-12(18)13(17)19/h3,6-7,9H,4-5H2,1-2H3,(H,16,18)(H,20,21). The molecule has 2 aromatic rings. The molecule has 1 aliphatic carbocycles. The van der Waals surface area contributed by atoms with E-state index in [4.69, 9.17) is 5.11 Å². The minimum absolute atomic E-state index is 0.0919. The fourth-order valence-electron chi connectivity index (χ4n) is 2.89. The summed E-state index contributed by atoms with van der Waals surface area (Å²) in [6, 6.07) is 4.39. The first kappa shape index (κ1) is 13.6. The van der Waals surface area contributed by atoms with Crippen molar-refractivity contribution < 1.29 is 9.90 Å². The molecule has 1 aromatic heterocycles. The maximum atomic E-state index is 12.3. The summed E-state index contributed by atoms with van der Waals surface area (Å²) in [7, 11) is 0. The van der Waals surface area contributed by atoms with Gasteiger partial charge in [-0.2, -0.15) is 0 Å². The Labute approximate surface area is 120 Å². The minimum atomic E-state index is -1.06. The average molecular weight is 288 g/mol. The van der Waals surface area contributed by atoms with Crippen LogP contribution >= 0.6 is 0 Å². The van der Waals surface area contributed by atoms with Crippen molar-refractivity contribution in [1.82, 2.24) is 9.55 Å². The second-order valence-corrected chi connectivity index (χ2v) is 6.06. The Morgan fingerprint density at radius 2 is 2.00 bits per heavy atom. The Balaban J connectivity index is 2.41. The van der Waals surface area contributed by atoms with Gasteiger partial charge in [0.05, 0.1) is 16.6 Å². The molecule has 6 nitrogen and oxygen atoms in total. The molecular formula is C15H16N2O4. The number of H-pyrrole nitrogens is 1. The number of hydrogen-bond acceptors (Lipinski definition) is 3.